The van der Waals surface area contributed by atoms with Gasteiger partial charge in [-0.15, -0.1) is 11.3 Å². The van der Waals surface area contributed by atoms with Crippen molar-refractivity contribution in [3.05, 3.63) is 70.3 Å². The third-order valence-corrected chi connectivity index (χ3v) is 5.63. The summed E-state index contributed by atoms with van der Waals surface area (Å²) in [6, 6.07) is 12.8. The monoisotopic (exact) mass is 440 g/mol. The molecule has 0 fully saturated rings. The standard InChI is InChI=1S/C23H28N4O3S/c1-25(2)11-12-27(23(29)20-7-5-13-30-20)16-17-15-18(9-10-19(17)26(3)4)24-22(28)21-8-6-14-31-21/h5-10,13-15H,11-12,16H2,1-4H3,(H,24,28). The predicted molar refractivity (Wildman–Crippen MR) is 125 cm³/mol. The number of hydrogen-bond donors (Lipinski definition) is 1. The minimum Gasteiger partial charge on any atom is -0.459 e. The van der Waals surface area contributed by atoms with Crippen LogP contribution < -0.4 is 10.2 Å². The van der Waals surface area contributed by atoms with Gasteiger partial charge in [-0.3, -0.25) is 9.59 Å². The maximum atomic E-state index is 13.1. The Morgan fingerprint density at radius 3 is 2.45 bits per heavy atom. The minimum atomic E-state index is -0.162. The Kier molecular flexibility index (Phi) is 7.49. The van der Waals surface area contributed by atoms with Gasteiger partial charge in [0.1, 0.15) is 0 Å². The van der Waals surface area contributed by atoms with Crippen molar-refractivity contribution in [1.29, 1.82) is 0 Å². The first-order chi connectivity index (χ1) is 14.8. The Morgan fingerprint density at radius 1 is 1.03 bits per heavy atom. The highest BCUT2D eigenvalue weighted by Crippen LogP contribution is 2.26. The van der Waals surface area contributed by atoms with E-state index in [0.717, 1.165) is 17.8 Å². The van der Waals surface area contributed by atoms with Gasteiger partial charge in [-0.2, -0.15) is 0 Å². The van der Waals surface area contributed by atoms with Gasteiger partial charge in [-0.05, 0) is 61.4 Å². The van der Waals surface area contributed by atoms with Crippen LogP contribution in [0.15, 0.2) is 58.5 Å². The summed E-state index contributed by atoms with van der Waals surface area (Å²) in [5.74, 6) is 0.00608. The Balaban J connectivity index is 1.87. The summed E-state index contributed by atoms with van der Waals surface area (Å²) < 4.78 is 5.35. The molecule has 0 aliphatic carbocycles. The number of furan rings is 1. The molecule has 0 aliphatic rings. The molecule has 0 atom stereocenters. The number of carbonyl (C=O) groups excluding carboxylic acids is 2. The number of nitrogens with one attached hydrogen (secondary N) is 1. The van der Waals surface area contributed by atoms with Crippen LogP contribution in [-0.2, 0) is 6.54 Å². The molecule has 1 N–H and O–H groups in total. The van der Waals surface area contributed by atoms with Gasteiger partial charge in [0.15, 0.2) is 5.76 Å². The van der Waals surface area contributed by atoms with Gasteiger partial charge in [0, 0.05) is 45.1 Å². The van der Waals surface area contributed by atoms with Crippen LogP contribution in [0, 0.1) is 0 Å². The number of rotatable bonds is 9. The first-order valence-electron chi connectivity index (χ1n) is 9.97. The highest BCUT2D eigenvalue weighted by Gasteiger charge is 2.21. The molecule has 0 spiro atoms. The Labute approximate surface area is 186 Å². The minimum absolute atomic E-state index is 0.144. The van der Waals surface area contributed by atoms with Crippen molar-refractivity contribution in [3.63, 3.8) is 0 Å². The number of hydrogen-bond acceptors (Lipinski definition) is 6. The van der Waals surface area contributed by atoms with E-state index in [2.05, 4.69) is 5.32 Å². The number of anilines is 2. The van der Waals surface area contributed by atoms with Gasteiger partial charge in [-0.25, -0.2) is 0 Å². The molecule has 31 heavy (non-hydrogen) atoms. The van der Waals surface area contributed by atoms with Gasteiger partial charge in [-0.1, -0.05) is 6.07 Å². The van der Waals surface area contributed by atoms with Crippen LogP contribution in [0.2, 0.25) is 0 Å². The summed E-state index contributed by atoms with van der Waals surface area (Å²) in [4.78, 5) is 32.0. The van der Waals surface area contributed by atoms with E-state index in [-0.39, 0.29) is 11.8 Å². The van der Waals surface area contributed by atoms with Crippen LogP contribution in [0.5, 0.6) is 0 Å². The molecule has 164 valence electrons. The van der Waals surface area contributed by atoms with Crippen LogP contribution in [0.4, 0.5) is 11.4 Å². The lowest BCUT2D eigenvalue weighted by molar-refractivity contribution is 0.0700. The van der Waals surface area contributed by atoms with Crippen molar-refractivity contribution >= 4 is 34.5 Å². The zero-order chi connectivity index (χ0) is 22.4. The lowest BCUT2D eigenvalue weighted by Crippen LogP contribution is -2.36. The number of likely N-dealkylation sites (N-methyl/N-ethyl adjacent to an activating group) is 1. The van der Waals surface area contributed by atoms with Crippen LogP contribution in [-0.4, -0.2) is 62.9 Å². The van der Waals surface area contributed by atoms with Gasteiger partial charge >= 0.3 is 0 Å². The molecule has 2 heterocycles. The summed E-state index contributed by atoms with van der Waals surface area (Å²) in [6.45, 7) is 1.66. The highest BCUT2D eigenvalue weighted by atomic mass is 32.1. The fourth-order valence-corrected chi connectivity index (χ4v) is 3.78. The second-order valence-corrected chi connectivity index (χ2v) is 8.62. The molecule has 0 saturated heterocycles. The Morgan fingerprint density at radius 2 is 1.84 bits per heavy atom. The molecular formula is C23H28N4O3S. The molecular weight excluding hydrogens is 412 g/mol. The number of benzene rings is 1. The van der Waals surface area contributed by atoms with E-state index >= 15 is 0 Å². The maximum absolute atomic E-state index is 13.1. The van der Waals surface area contributed by atoms with Crippen molar-refractivity contribution in [2.75, 3.05) is 51.5 Å². The fraction of sp³-hybridized carbons (Fsp3) is 0.304. The molecule has 1 aromatic carbocycles. The molecule has 0 radical (unpaired) electrons. The normalized spacial score (nSPS) is 10.9. The summed E-state index contributed by atoms with van der Waals surface area (Å²) in [6.07, 6.45) is 1.50. The molecule has 2 aromatic heterocycles. The van der Waals surface area contributed by atoms with E-state index in [1.54, 1.807) is 23.1 Å². The van der Waals surface area contributed by atoms with E-state index in [1.807, 2.05) is 67.6 Å². The summed E-state index contributed by atoms with van der Waals surface area (Å²) in [5.41, 5.74) is 2.61. The largest absolute Gasteiger partial charge is 0.459 e. The Hall–Kier alpha value is -3.10. The third-order valence-electron chi connectivity index (χ3n) is 4.76. The molecule has 0 bridgehead atoms. The van der Waals surface area contributed by atoms with Crippen molar-refractivity contribution in [2.45, 2.75) is 6.54 Å². The molecule has 2 amide bonds. The lowest BCUT2D eigenvalue weighted by atomic mass is 10.1. The van der Waals surface area contributed by atoms with Crippen molar-refractivity contribution in [2.24, 2.45) is 0 Å². The summed E-state index contributed by atoms with van der Waals surface area (Å²) in [5, 5.41) is 4.83. The van der Waals surface area contributed by atoms with E-state index in [1.165, 1.54) is 17.6 Å². The first kappa shape index (κ1) is 22.6. The molecule has 8 heteroatoms. The Bertz CT molecular complexity index is 998. The predicted octanol–water partition coefficient (Wildman–Crippen LogP) is 3.86. The van der Waals surface area contributed by atoms with Gasteiger partial charge in [0.2, 0.25) is 0 Å². The van der Waals surface area contributed by atoms with Crippen molar-refractivity contribution in [1.82, 2.24) is 9.80 Å². The topological polar surface area (TPSA) is 69.0 Å². The number of amides is 2. The smallest absolute Gasteiger partial charge is 0.289 e. The molecule has 0 aliphatic heterocycles. The lowest BCUT2D eigenvalue weighted by Gasteiger charge is -2.26. The molecule has 0 saturated carbocycles. The number of carbonyl (C=O) groups is 2. The van der Waals surface area contributed by atoms with E-state index in [0.29, 0.717) is 29.4 Å². The van der Waals surface area contributed by atoms with Gasteiger partial charge in [0.25, 0.3) is 11.8 Å². The zero-order valence-corrected chi connectivity index (χ0v) is 19.1. The second kappa shape index (κ2) is 10.3. The first-order valence-corrected chi connectivity index (χ1v) is 10.9. The van der Waals surface area contributed by atoms with Crippen LogP contribution >= 0.6 is 11.3 Å². The van der Waals surface area contributed by atoms with Crippen LogP contribution in [0.3, 0.4) is 0 Å². The molecule has 3 aromatic rings. The number of thiophene rings is 1. The van der Waals surface area contributed by atoms with E-state index in [4.69, 9.17) is 4.42 Å². The van der Waals surface area contributed by atoms with Crippen LogP contribution in [0.25, 0.3) is 0 Å². The fourth-order valence-electron chi connectivity index (χ4n) is 3.16. The second-order valence-electron chi connectivity index (χ2n) is 7.68. The third kappa shape index (κ3) is 5.96. The average molecular weight is 441 g/mol. The number of nitrogens with zero attached hydrogens (tertiary/aromatic N) is 3. The van der Waals surface area contributed by atoms with Crippen LogP contribution in [0.1, 0.15) is 25.8 Å². The summed E-state index contributed by atoms with van der Waals surface area (Å²) in [7, 11) is 7.87. The molecule has 3 rings (SSSR count). The maximum Gasteiger partial charge on any atom is 0.289 e. The van der Waals surface area contributed by atoms with Crippen molar-refractivity contribution in [3.8, 4) is 0 Å². The van der Waals surface area contributed by atoms with Gasteiger partial charge in [0.05, 0.1) is 11.1 Å². The van der Waals surface area contributed by atoms with Crippen molar-refractivity contribution < 1.29 is 14.0 Å². The summed E-state index contributed by atoms with van der Waals surface area (Å²) >= 11 is 1.40. The molecule has 7 nitrogen and oxygen atoms in total. The van der Waals surface area contributed by atoms with E-state index in [9.17, 15) is 9.59 Å². The molecule has 0 unspecified atom stereocenters. The quantitative estimate of drug-likeness (QED) is 0.547. The van der Waals surface area contributed by atoms with E-state index < -0.39 is 0 Å². The zero-order valence-electron chi connectivity index (χ0n) is 18.3. The van der Waals surface area contributed by atoms with Gasteiger partial charge < -0.3 is 24.4 Å². The highest BCUT2D eigenvalue weighted by molar-refractivity contribution is 7.12. The average Bonchev–Trinajstić information content (AvgIpc) is 3.44. The SMILES string of the molecule is CN(C)CCN(Cc1cc(NC(=O)c2cccs2)ccc1N(C)C)C(=O)c1ccco1.